The summed E-state index contributed by atoms with van der Waals surface area (Å²) < 4.78 is 71.1. The highest BCUT2D eigenvalue weighted by Crippen LogP contribution is 2.41. The number of carbonyl (C=O) groups excluding carboxylic acids is 1. The van der Waals surface area contributed by atoms with E-state index in [1.54, 1.807) is 35.0 Å². The minimum atomic E-state index is -5.73. The highest BCUT2D eigenvalue weighted by molar-refractivity contribution is 7.99. The summed E-state index contributed by atoms with van der Waals surface area (Å²) in [4.78, 5) is 20.8. The number of hydrogen-bond acceptors (Lipinski definition) is 10. The molecule has 0 spiro atoms. The van der Waals surface area contributed by atoms with Crippen LogP contribution in [0.2, 0.25) is 0 Å². The number of thioether (sulfide) groups is 1. The Hall–Kier alpha value is -3.21. The van der Waals surface area contributed by atoms with Gasteiger partial charge in [-0.25, -0.2) is 8.42 Å². The zero-order chi connectivity index (χ0) is 43.6. The Labute approximate surface area is 370 Å². The topological polar surface area (TPSA) is 97.0 Å². The van der Waals surface area contributed by atoms with E-state index < -0.39 is 26.1 Å². The van der Waals surface area contributed by atoms with Crippen LogP contribution in [-0.4, -0.2) is 107 Å². The van der Waals surface area contributed by atoms with Gasteiger partial charge in [0.2, 0.25) is 0 Å². The van der Waals surface area contributed by atoms with Gasteiger partial charge in [0.05, 0.1) is 5.69 Å². The minimum Gasteiger partial charge on any atom is -0.380 e. The number of hydrogen-bond donors (Lipinski definition) is 3. The molecule has 3 aromatic rings. The third kappa shape index (κ3) is 13.6. The van der Waals surface area contributed by atoms with Crippen molar-refractivity contribution < 1.29 is 26.4 Å². The van der Waals surface area contributed by atoms with Crippen LogP contribution < -0.4 is 20.3 Å². The molecule has 3 aliphatic rings. The summed E-state index contributed by atoms with van der Waals surface area (Å²) >= 11 is 2.34. The number of nitrogens with one attached hydrogen (secondary N) is 3. The van der Waals surface area contributed by atoms with E-state index in [4.69, 9.17) is 0 Å². The molecule has 2 fully saturated rings. The van der Waals surface area contributed by atoms with Crippen molar-refractivity contribution in [1.29, 1.82) is 0 Å². The fourth-order valence-corrected chi connectivity index (χ4v) is 10.9. The maximum Gasteiger partial charge on any atom is 0.501 e. The number of alkyl halides is 3. The van der Waals surface area contributed by atoms with Crippen LogP contribution in [0.3, 0.4) is 0 Å². The van der Waals surface area contributed by atoms with Crippen LogP contribution in [0.1, 0.15) is 76.6 Å². The minimum absolute atomic E-state index is 0.120. The number of anilines is 2. The Morgan fingerprint density at radius 2 is 1.57 bits per heavy atom. The van der Waals surface area contributed by atoms with E-state index >= 15 is 0 Å². The lowest BCUT2D eigenvalue weighted by Gasteiger charge is -2.39. The van der Waals surface area contributed by atoms with Crippen LogP contribution >= 0.6 is 23.7 Å². The average molecular weight is 901 g/mol. The first kappa shape index (κ1) is 47.3. The lowest BCUT2D eigenvalue weighted by Crippen LogP contribution is -2.47. The highest BCUT2D eigenvalue weighted by atomic mass is 32.2. The highest BCUT2D eigenvalue weighted by Gasteiger charge is 2.48. The molecule has 2 aliphatic heterocycles. The molecule has 2 heterocycles. The zero-order valence-corrected chi connectivity index (χ0v) is 38.5. The van der Waals surface area contributed by atoms with Gasteiger partial charge in [0.15, 0.2) is 0 Å². The fourth-order valence-electron chi connectivity index (χ4n) is 8.23. The van der Waals surface area contributed by atoms with E-state index in [2.05, 4.69) is 57.8 Å². The van der Waals surface area contributed by atoms with Crippen molar-refractivity contribution in [2.75, 3.05) is 81.4 Å². The van der Waals surface area contributed by atoms with Gasteiger partial charge in [-0.05, 0) is 116 Å². The Balaban J connectivity index is 1.07. The van der Waals surface area contributed by atoms with Gasteiger partial charge in [0, 0.05) is 98.3 Å². The van der Waals surface area contributed by atoms with Crippen LogP contribution in [0.25, 0.3) is 0 Å². The van der Waals surface area contributed by atoms with Crippen molar-refractivity contribution >= 4 is 50.8 Å². The summed E-state index contributed by atoms with van der Waals surface area (Å²) in [6, 6.07) is 20.6. The third-order valence-corrected chi connectivity index (χ3v) is 15.4. The van der Waals surface area contributed by atoms with Gasteiger partial charge in [-0.15, -0.1) is 11.8 Å². The quantitative estimate of drug-likeness (QED) is 0.0652. The summed E-state index contributed by atoms with van der Waals surface area (Å²) in [6.45, 7) is 18.3. The Morgan fingerprint density at radius 3 is 2.25 bits per heavy atom. The maximum absolute atomic E-state index is 14.1. The van der Waals surface area contributed by atoms with Gasteiger partial charge in [0.25, 0.3) is 15.7 Å². The first-order chi connectivity index (χ1) is 29.1. The van der Waals surface area contributed by atoms with Gasteiger partial charge in [-0.1, -0.05) is 57.0 Å². The first-order valence-corrected chi connectivity index (χ1v) is 24.9. The Morgan fingerprint density at radius 1 is 0.869 bits per heavy atom. The van der Waals surface area contributed by atoms with Gasteiger partial charge in [0.1, 0.15) is 4.90 Å². The summed E-state index contributed by atoms with van der Waals surface area (Å²) in [5, 5.41) is 6.50. The van der Waals surface area contributed by atoms with Gasteiger partial charge in [-0.2, -0.15) is 13.2 Å². The molecule has 1 unspecified atom stereocenters. The van der Waals surface area contributed by atoms with Crippen LogP contribution in [0.5, 0.6) is 0 Å². The SMILES string of the molecule is CC(C)CCC1=C(CN2CCN(c3ccc(C(=O)NSc4ccc(NC(CCN5CCNCC5)CSc5ccccc5)c(S(=O)(=O)C(F)(F)F)c4)cc3)CC2)CCC(C)(C)C1. The number of rotatable bonds is 18. The van der Waals surface area contributed by atoms with Crippen LogP contribution in [0.15, 0.2) is 98.6 Å². The molecule has 2 saturated heterocycles. The van der Waals surface area contributed by atoms with Crippen molar-refractivity contribution in [3.63, 3.8) is 0 Å². The number of sulfone groups is 1. The summed E-state index contributed by atoms with van der Waals surface area (Å²) in [6.07, 6.45) is 6.67. The molecule has 0 aromatic heterocycles. The lowest BCUT2D eigenvalue weighted by atomic mass is 9.73. The molecule has 1 aliphatic carbocycles. The van der Waals surface area contributed by atoms with E-state index in [0.29, 0.717) is 35.6 Å². The molecule has 0 radical (unpaired) electrons. The molecular formula is C46H63F3N6O3S3. The fraction of sp³-hybridized carbons (Fsp3) is 0.543. The second kappa shape index (κ2) is 21.4. The van der Waals surface area contributed by atoms with Crippen LogP contribution in [0, 0.1) is 11.3 Å². The zero-order valence-electron chi connectivity index (χ0n) is 36.0. The summed E-state index contributed by atoms with van der Waals surface area (Å²) in [5.41, 5.74) is -0.522. The number of halogens is 3. The predicted molar refractivity (Wildman–Crippen MR) is 245 cm³/mol. The molecule has 61 heavy (non-hydrogen) atoms. The van der Waals surface area contributed by atoms with E-state index in [0.717, 1.165) is 87.5 Å². The van der Waals surface area contributed by atoms with Crippen molar-refractivity contribution in [2.24, 2.45) is 11.3 Å². The van der Waals surface area contributed by atoms with Crippen molar-refractivity contribution in [3.8, 4) is 0 Å². The smallest absolute Gasteiger partial charge is 0.380 e. The Bertz CT molecular complexity index is 2030. The molecule has 1 amide bonds. The Kier molecular flexibility index (Phi) is 16.6. The third-order valence-electron chi connectivity index (χ3n) is 12.0. The monoisotopic (exact) mass is 900 g/mol. The number of benzene rings is 3. The molecule has 1 atom stereocenters. The largest absolute Gasteiger partial charge is 0.501 e. The molecular weight excluding hydrogens is 838 g/mol. The molecule has 3 N–H and O–H groups in total. The number of nitrogens with zero attached hydrogens (tertiary/aromatic N) is 3. The normalized spacial score (nSPS) is 18.7. The second-order valence-electron chi connectivity index (χ2n) is 17.8. The van der Waals surface area contributed by atoms with Crippen molar-refractivity contribution in [3.05, 3.63) is 89.5 Å². The number of allylic oxidation sites excluding steroid dienone is 1. The van der Waals surface area contributed by atoms with Gasteiger partial charge in [-0.3, -0.25) is 14.4 Å². The molecule has 0 saturated carbocycles. The van der Waals surface area contributed by atoms with Crippen molar-refractivity contribution in [1.82, 2.24) is 19.8 Å². The number of amides is 1. The standard InChI is InChI=1S/C46H63F3N6O3S3/c1-34(2)10-11-36-31-45(3,4)20-18-37(36)32-54-26-28-55(29-27-54)39-14-12-35(13-15-39)44(56)52-60-41-16-17-42(43(30-41)61(57,58)46(47,48)49)51-38(19-23-53-24-21-50-22-25-53)33-59-40-8-6-5-7-9-40/h5-9,12-17,30,34,38,50-51H,10-11,18-29,31-33H2,1-4H3,(H,52,56). The van der Waals surface area contributed by atoms with E-state index in [9.17, 15) is 26.4 Å². The van der Waals surface area contributed by atoms with Crippen LogP contribution in [0.4, 0.5) is 24.5 Å². The predicted octanol–water partition coefficient (Wildman–Crippen LogP) is 9.35. The van der Waals surface area contributed by atoms with Gasteiger partial charge < -0.3 is 20.4 Å². The number of piperazine rings is 2. The molecule has 334 valence electrons. The molecule has 3 aromatic carbocycles. The average Bonchev–Trinajstić information content (AvgIpc) is 3.24. The van der Waals surface area contributed by atoms with E-state index in [1.807, 2.05) is 42.5 Å². The van der Waals surface area contributed by atoms with Crippen molar-refractivity contribution in [2.45, 2.75) is 92.5 Å². The number of carbonyl (C=O) groups is 1. The van der Waals surface area contributed by atoms with Gasteiger partial charge >= 0.3 is 5.51 Å². The van der Waals surface area contributed by atoms with Crippen LogP contribution in [-0.2, 0) is 9.84 Å². The molecule has 15 heteroatoms. The molecule has 6 rings (SSSR count). The maximum atomic E-state index is 14.1. The first-order valence-electron chi connectivity index (χ1n) is 21.6. The lowest BCUT2D eigenvalue weighted by molar-refractivity contribution is -0.0435. The van der Waals surface area contributed by atoms with E-state index in [-0.39, 0.29) is 16.6 Å². The van der Waals surface area contributed by atoms with E-state index in [1.165, 1.54) is 44.2 Å². The molecule has 0 bridgehead atoms. The summed E-state index contributed by atoms with van der Waals surface area (Å²) in [5.74, 6) is 0.776. The second-order valence-corrected chi connectivity index (χ2v) is 21.7. The molecule has 9 nitrogen and oxygen atoms in total. The summed E-state index contributed by atoms with van der Waals surface area (Å²) in [7, 11) is -5.73.